The molecule has 0 spiro atoms. The fourth-order valence-corrected chi connectivity index (χ4v) is 11.5. The first-order valence-electron chi connectivity index (χ1n) is 23.5. The normalized spacial score (nSPS) is 14.5. The van der Waals surface area contributed by atoms with Gasteiger partial charge < -0.3 is 0 Å². The zero-order valence-corrected chi connectivity index (χ0v) is 37.0. The van der Waals surface area contributed by atoms with Crippen LogP contribution in [0.15, 0.2) is 237 Å². The first-order valence-corrected chi connectivity index (χ1v) is 23.5. The van der Waals surface area contributed by atoms with Gasteiger partial charge in [0, 0.05) is 44.7 Å². The van der Waals surface area contributed by atoms with Gasteiger partial charge in [-0.05, 0) is 85.0 Å². The fraction of sp³-hybridized carbons (Fsp3) is 0.0308. The highest BCUT2D eigenvalue weighted by molar-refractivity contribution is 6.04. The first kappa shape index (κ1) is 38.5. The largest absolute Gasteiger partial charge is 0.247 e. The van der Waals surface area contributed by atoms with Crippen molar-refractivity contribution in [1.82, 2.24) is 15.0 Å². The monoisotopic (exact) mass is 863 g/mol. The number of hydrogen-bond acceptors (Lipinski definition) is 3. The molecular weight excluding hydrogens is 823 g/mol. The predicted molar refractivity (Wildman–Crippen MR) is 280 cm³/mol. The average Bonchev–Trinajstić information content (AvgIpc) is 3.43. The van der Waals surface area contributed by atoms with Gasteiger partial charge in [0.05, 0.1) is 33.6 Å². The standard InChI is InChI=1S/C65H41N3/c1-7-19-40(20-8-1)46-31-34-49-52(37-46)67-64(44-27-15-5-16-28-44)61-55(49)58-56-50-35-32-47(41-21-9-2-10-22-41)38-53(50)68-65(45-29-17-6-18-30-45)62(56)59(61)57-51-36-33-48(42-23-11-3-12-24-42)39-54(51)66-63(60(57)58)43-25-13-4-14-26-43/h1-39,58-59H. The van der Waals surface area contributed by atoms with Crippen LogP contribution in [0.2, 0.25) is 0 Å². The lowest BCUT2D eigenvalue weighted by atomic mass is 9.57. The van der Waals surface area contributed by atoms with Crippen LogP contribution in [0.3, 0.4) is 0 Å². The minimum atomic E-state index is -0.239. The smallest absolute Gasteiger partial charge is 0.0754 e. The quantitative estimate of drug-likeness (QED) is 0.167. The molecule has 316 valence electrons. The molecule has 0 saturated carbocycles. The fourth-order valence-electron chi connectivity index (χ4n) is 11.5. The molecule has 0 unspecified atom stereocenters. The number of fused-ring (bicyclic) bond motifs is 3. The summed E-state index contributed by atoms with van der Waals surface area (Å²) in [5.41, 5.74) is 23.9. The minimum absolute atomic E-state index is 0.216. The van der Waals surface area contributed by atoms with Crippen LogP contribution in [0.25, 0.3) is 99.9 Å². The molecule has 0 atom stereocenters. The Balaban J connectivity index is 1.17. The highest BCUT2D eigenvalue weighted by atomic mass is 14.8. The Morgan fingerprint density at radius 2 is 0.441 bits per heavy atom. The van der Waals surface area contributed by atoms with Crippen molar-refractivity contribution in [2.75, 3.05) is 0 Å². The van der Waals surface area contributed by atoms with E-state index in [-0.39, 0.29) is 11.8 Å². The van der Waals surface area contributed by atoms with Crippen LogP contribution in [0.1, 0.15) is 45.2 Å². The summed E-state index contributed by atoms with van der Waals surface area (Å²) in [5, 5.41) is 3.48. The van der Waals surface area contributed by atoms with E-state index in [1.807, 2.05) is 0 Å². The molecule has 12 aromatic rings. The molecule has 9 aromatic carbocycles. The molecular formula is C65H41N3. The summed E-state index contributed by atoms with van der Waals surface area (Å²) in [6, 6.07) is 85.4. The second kappa shape index (κ2) is 15.4. The van der Waals surface area contributed by atoms with Gasteiger partial charge >= 0.3 is 0 Å². The second-order valence-corrected chi connectivity index (χ2v) is 18.1. The van der Waals surface area contributed by atoms with Gasteiger partial charge in [0.1, 0.15) is 0 Å². The molecule has 3 aromatic heterocycles. The van der Waals surface area contributed by atoms with E-state index >= 15 is 0 Å². The van der Waals surface area contributed by atoms with Crippen molar-refractivity contribution < 1.29 is 0 Å². The lowest BCUT2D eigenvalue weighted by Crippen LogP contribution is -2.31. The van der Waals surface area contributed by atoms with Gasteiger partial charge in [0.15, 0.2) is 0 Å². The van der Waals surface area contributed by atoms with E-state index < -0.39 is 0 Å². The zero-order valence-electron chi connectivity index (χ0n) is 37.0. The summed E-state index contributed by atoms with van der Waals surface area (Å²) in [7, 11) is 0. The Morgan fingerprint density at radius 3 is 0.706 bits per heavy atom. The van der Waals surface area contributed by atoms with Gasteiger partial charge in [-0.25, -0.2) is 15.0 Å². The maximum atomic E-state index is 5.81. The van der Waals surface area contributed by atoms with Gasteiger partial charge in [-0.3, -0.25) is 0 Å². The van der Waals surface area contributed by atoms with Crippen molar-refractivity contribution in [3.05, 3.63) is 270 Å². The summed E-state index contributed by atoms with van der Waals surface area (Å²) in [6.07, 6.45) is 0. The number of pyridine rings is 3. The summed E-state index contributed by atoms with van der Waals surface area (Å²) >= 11 is 0. The first-order chi connectivity index (χ1) is 33.7. The molecule has 0 N–H and O–H groups in total. The van der Waals surface area contributed by atoms with Crippen LogP contribution in [0.5, 0.6) is 0 Å². The Bertz CT molecular complexity index is 3760. The highest BCUT2D eigenvalue weighted by Crippen LogP contribution is 2.64. The van der Waals surface area contributed by atoms with Gasteiger partial charge in [-0.1, -0.05) is 218 Å². The summed E-state index contributed by atoms with van der Waals surface area (Å²) in [5.74, 6) is -0.454. The summed E-state index contributed by atoms with van der Waals surface area (Å²) < 4.78 is 0. The average molecular weight is 864 g/mol. The molecule has 0 aliphatic heterocycles. The van der Waals surface area contributed by atoms with Crippen LogP contribution in [-0.4, -0.2) is 15.0 Å². The topological polar surface area (TPSA) is 38.7 Å². The maximum Gasteiger partial charge on any atom is 0.0754 e. The third-order valence-electron chi connectivity index (χ3n) is 14.4. The van der Waals surface area contributed by atoms with Gasteiger partial charge in [0.2, 0.25) is 0 Å². The van der Waals surface area contributed by atoms with E-state index in [4.69, 9.17) is 15.0 Å². The van der Waals surface area contributed by atoms with Crippen molar-refractivity contribution in [2.24, 2.45) is 0 Å². The number of nitrogens with zero attached hydrogens (tertiary/aromatic N) is 3. The molecule has 0 saturated heterocycles. The molecule has 3 aliphatic rings. The van der Waals surface area contributed by atoms with Crippen LogP contribution in [-0.2, 0) is 0 Å². The number of benzene rings is 9. The van der Waals surface area contributed by atoms with Crippen LogP contribution in [0.4, 0.5) is 0 Å². The Hall–Kier alpha value is -8.79. The van der Waals surface area contributed by atoms with Crippen molar-refractivity contribution in [1.29, 1.82) is 0 Å². The highest BCUT2D eigenvalue weighted by Gasteiger charge is 2.49. The SMILES string of the molecule is c1ccc(-c2ccc3c4c(c(-c5ccccc5)nc3c2)C2c3c(c(-c5ccccc5)nc5cc(-c6ccccc6)ccc35)C4c3c(-c4ccccc4)nc4cc(-c5ccccc5)ccc4c32)cc1. The van der Waals surface area contributed by atoms with Gasteiger partial charge in [0.25, 0.3) is 0 Å². The maximum absolute atomic E-state index is 5.81. The van der Waals surface area contributed by atoms with E-state index in [2.05, 4.69) is 237 Å². The Kier molecular flexibility index (Phi) is 8.72. The second-order valence-electron chi connectivity index (χ2n) is 18.1. The van der Waals surface area contributed by atoms with Crippen LogP contribution in [0, 0.1) is 0 Å². The molecule has 3 heteroatoms. The lowest BCUT2D eigenvalue weighted by Gasteiger charge is -2.46. The molecule has 68 heavy (non-hydrogen) atoms. The van der Waals surface area contributed by atoms with E-state index in [0.29, 0.717) is 0 Å². The van der Waals surface area contributed by atoms with E-state index in [1.165, 1.54) is 50.1 Å². The summed E-state index contributed by atoms with van der Waals surface area (Å²) in [4.78, 5) is 17.4. The van der Waals surface area contributed by atoms with E-state index in [0.717, 1.165) is 83.2 Å². The molecule has 3 heterocycles. The Morgan fingerprint density at radius 1 is 0.206 bits per heavy atom. The molecule has 0 fully saturated rings. The predicted octanol–water partition coefficient (Wildman–Crippen LogP) is 16.3. The van der Waals surface area contributed by atoms with Crippen molar-refractivity contribution >= 4 is 32.7 Å². The molecule has 0 amide bonds. The number of rotatable bonds is 6. The third kappa shape index (κ3) is 5.96. The van der Waals surface area contributed by atoms with Crippen molar-refractivity contribution in [2.45, 2.75) is 11.8 Å². The minimum Gasteiger partial charge on any atom is -0.247 e. The van der Waals surface area contributed by atoms with Crippen molar-refractivity contribution in [3.63, 3.8) is 0 Å². The summed E-state index contributed by atoms with van der Waals surface area (Å²) in [6.45, 7) is 0. The van der Waals surface area contributed by atoms with Crippen LogP contribution >= 0.6 is 0 Å². The van der Waals surface area contributed by atoms with Crippen molar-refractivity contribution in [3.8, 4) is 67.2 Å². The third-order valence-corrected chi connectivity index (χ3v) is 14.4. The molecule has 3 aliphatic carbocycles. The number of hydrogen-bond donors (Lipinski definition) is 0. The lowest BCUT2D eigenvalue weighted by molar-refractivity contribution is 0.767. The molecule has 3 nitrogen and oxygen atoms in total. The molecule has 15 rings (SSSR count). The zero-order chi connectivity index (χ0) is 44.7. The number of aromatic nitrogens is 3. The van der Waals surface area contributed by atoms with Gasteiger partial charge in [-0.2, -0.15) is 0 Å². The Labute approximate surface area is 394 Å². The van der Waals surface area contributed by atoms with E-state index in [1.54, 1.807) is 0 Å². The van der Waals surface area contributed by atoms with E-state index in [9.17, 15) is 0 Å². The van der Waals surface area contributed by atoms with Crippen LogP contribution < -0.4 is 0 Å². The molecule has 0 radical (unpaired) electrons. The van der Waals surface area contributed by atoms with Gasteiger partial charge in [-0.15, -0.1) is 0 Å². The molecule has 2 bridgehead atoms.